The van der Waals surface area contributed by atoms with Crippen molar-refractivity contribution >= 4 is 0 Å². The zero-order chi connectivity index (χ0) is 9.26. The molecule has 2 nitrogen and oxygen atoms in total. The van der Waals surface area contributed by atoms with Crippen LogP contribution in [0.4, 0.5) is 0 Å². The van der Waals surface area contributed by atoms with E-state index in [4.69, 9.17) is 0 Å². The summed E-state index contributed by atoms with van der Waals surface area (Å²) in [6.07, 6.45) is 1.14. The topological polar surface area (TPSA) is 32.3 Å². The number of hydrogen-bond acceptors (Lipinski definition) is 2. The van der Waals surface area contributed by atoms with Crippen molar-refractivity contribution < 1.29 is 5.11 Å². The van der Waals surface area contributed by atoms with Crippen LogP contribution in [0.3, 0.4) is 0 Å². The molecule has 2 rings (SSSR count). The molecule has 0 aliphatic carbocycles. The SMILES string of the molecule is Cc1ccc([C@H]2CCNC2)c(O)c1. The van der Waals surface area contributed by atoms with E-state index in [0.29, 0.717) is 11.7 Å². The lowest BCUT2D eigenvalue weighted by atomic mass is 9.96. The smallest absolute Gasteiger partial charge is 0.119 e. The van der Waals surface area contributed by atoms with Crippen LogP contribution in [0.15, 0.2) is 18.2 Å². The van der Waals surface area contributed by atoms with Crippen molar-refractivity contribution in [3.8, 4) is 5.75 Å². The first-order chi connectivity index (χ1) is 6.27. The van der Waals surface area contributed by atoms with Crippen LogP contribution < -0.4 is 5.32 Å². The quantitative estimate of drug-likeness (QED) is 0.685. The summed E-state index contributed by atoms with van der Waals surface area (Å²) in [6, 6.07) is 5.95. The highest BCUT2D eigenvalue weighted by Gasteiger charge is 2.18. The maximum Gasteiger partial charge on any atom is 0.119 e. The fourth-order valence-electron chi connectivity index (χ4n) is 1.92. The van der Waals surface area contributed by atoms with E-state index in [9.17, 15) is 5.11 Å². The minimum Gasteiger partial charge on any atom is -0.508 e. The number of aryl methyl sites for hydroxylation is 1. The molecule has 0 aromatic heterocycles. The molecule has 1 aliphatic rings. The van der Waals surface area contributed by atoms with E-state index in [2.05, 4.69) is 11.4 Å². The summed E-state index contributed by atoms with van der Waals surface area (Å²) in [4.78, 5) is 0. The van der Waals surface area contributed by atoms with Crippen LogP contribution in [0.5, 0.6) is 5.75 Å². The normalized spacial score (nSPS) is 22.1. The molecule has 1 aromatic carbocycles. The van der Waals surface area contributed by atoms with Crippen LogP contribution in [0, 0.1) is 6.92 Å². The van der Waals surface area contributed by atoms with Gasteiger partial charge in [-0.25, -0.2) is 0 Å². The van der Waals surface area contributed by atoms with E-state index >= 15 is 0 Å². The largest absolute Gasteiger partial charge is 0.508 e. The highest BCUT2D eigenvalue weighted by molar-refractivity contribution is 5.38. The second-order valence-electron chi connectivity index (χ2n) is 3.75. The Bertz CT molecular complexity index is 303. The highest BCUT2D eigenvalue weighted by Crippen LogP contribution is 2.30. The monoisotopic (exact) mass is 177 g/mol. The summed E-state index contributed by atoms with van der Waals surface area (Å²) in [5.41, 5.74) is 2.21. The van der Waals surface area contributed by atoms with E-state index in [0.717, 1.165) is 30.6 Å². The summed E-state index contributed by atoms with van der Waals surface area (Å²) in [6.45, 7) is 4.06. The summed E-state index contributed by atoms with van der Waals surface area (Å²) < 4.78 is 0. The van der Waals surface area contributed by atoms with Crippen molar-refractivity contribution in [1.82, 2.24) is 5.32 Å². The molecule has 0 bridgehead atoms. The molecule has 0 spiro atoms. The minimum absolute atomic E-state index is 0.453. The average molecular weight is 177 g/mol. The van der Waals surface area contributed by atoms with Gasteiger partial charge in [0, 0.05) is 12.5 Å². The van der Waals surface area contributed by atoms with Gasteiger partial charge in [-0.2, -0.15) is 0 Å². The molecular formula is C11H15NO. The number of nitrogens with one attached hydrogen (secondary N) is 1. The molecule has 13 heavy (non-hydrogen) atoms. The molecule has 0 unspecified atom stereocenters. The molecule has 0 radical (unpaired) electrons. The van der Waals surface area contributed by atoms with E-state index in [1.807, 2.05) is 19.1 Å². The first kappa shape index (κ1) is 8.57. The summed E-state index contributed by atoms with van der Waals surface area (Å²) in [5, 5.41) is 13.0. The molecule has 0 saturated carbocycles. The van der Waals surface area contributed by atoms with E-state index < -0.39 is 0 Å². The van der Waals surface area contributed by atoms with Crippen molar-refractivity contribution in [2.24, 2.45) is 0 Å². The third kappa shape index (κ3) is 1.68. The standard InChI is InChI=1S/C11H15NO/c1-8-2-3-10(11(13)6-8)9-4-5-12-7-9/h2-3,6,9,12-13H,4-5,7H2,1H3/t9-/m0/s1. The zero-order valence-electron chi connectivity index (χ0n) is 7.88. The molecule has 1 fully saturated rings. The predicted molar refractivity (Wildman–Crippen MR) is 53.1 cm³/mol. The van der Waals surface area contributed by atoms with Gasteiger partial charge in [0.25, 0.3) is 0 Å². The summed E-state index contributed by atoms with van der Waals surface area (Å²) >= 11 is 0. The van der Waals surface area contributed by atoms with Crippen molar-refractivity contribution in [3.05, 3.63) is 29.3 Å². The van der Waals surface area contributed by atoms with Gasteiger partial charge in [-0.3, -0.25) is 0 Å². The third-order valence-electron chi connectivity index (χ3n) is 2.69. The predicted octanol–water partition coefficient (Wildman–Crippen LogP) is 1.78. The fourth-order valence-corrected chi connectivity index (χ4v) is 1.92. The number of rotatable bonds is 1. The fraction of sp³-hybridized carbons (Fsp3) is 0.455. The lowest BCUT2D eigenvalue weighted by Gasteiger charge is -2.11. The maximum atomic E-state index is 9.72. The van der Waals surface area contributed by atoms with Gasteiger partial charge in [0.05, 0.1) is 0 Å². The lowest BCUT2D eigenvalue weighted by Crippen LogP contribution is -2.08. The van der Waals surface area contributed by atoms with Gasteiger partial charge in [0.15, 0.2) is 0 Å². The number of phenolic OH excluding ortho intramolecular Hbond substituents is 1. The van der Waals surface area contributed by atoms with Crippen LogP contribution in [0.2, 0.25) is 0 Å². The maximum absolute atomic E-state index is 9.72. The number of benzene rings is 1. The van der Waals surface area contributed by atoms with Gasteiger partial charge >= 0.3 is 0 Å². The Morgan fingerprint density at radius 1 is 1.46 bits per heavy atom. The van der Waals surface area contributed by atoms with Crippen molar-refractivity contribution in [2.75, 3.05) is 13.1 Å². The lowest BCUT2D eigenvalue weighted by molar-refractivity contribution is 0.462. The van der Waals surface area contributed by atoms with E-state index in [1.165, 1.54) is 0 Å². The Hall–Kier alpha value is -1.02. The van der Waals surface area contributed by atoms with E-state index in [1.54, 1.807) is 0 Å². The van der Waals surface area contributed by atoms with Crippen LogP contribution >= 0.6 is 0 Å². The molecule has 1 aliphatic heterocycles. The number of hydrogen-bond donors (Lipinski definition) is 2. The molecule has 2 heteroatoms. The molecular weight excluding hydrogens is 162 g/mol. The molecule has 70 valence electrons. The Labute approximate surface area is 78.6 Å². The van der Waals surface area contributed by atoms with E-state index in [-0.39, 0.29) is 0 Å². The van der Waals surface area contributed by atoms with Crippen LogP contribution in [0.1, 0.15) is 23.5 Å². The van der Waals surface area contributed by atoms with Crippen LogP contribution in [0.25, 0.3) is 0 Å². The highest BCUT2D eigenvalue weighted by atomic mass is 16.3. The second-order valence-corrected chi connectivity index (χ2v) is 3.75. The van der Waals surface area contributed by atoms with Crippen LogP contribution in [-0.4, -0.2) is 18.2 Å². The Balaban J connectivity index is 2.29. The molecule has 1 saturated heterocycles. The second kappa shape index (κ2) is 3.38. The molecule has 2 N–H and O–H groups in total. The van der Waals surface area contributed by atoms with Gasteiger partial charge in [-0.05, 0) is 37.1 Å². The van der Waals surface area contributed by atoms with Crippen molar-refractivity contribution in [1.29, 1.82) is 0 Å². The van der Waals surface area contributed by atoms with Gasteiger partial charge in [-0.15, -0.1) is 0 Å². The van der Waals surface area contributed by atoms with Gasteiger partial charge in [0.1, 0.15) is 5.75 Å². The molecule has 1 heterocycles. The summed E-state index contributed by atoms with van der Waals surface area (Å²) in [7, 11) is 0. The van der Waals surface area contributed by atoms with Crippen LogP contribution in [-0.2, 0) is 0 Å². The van der Waals surface area contributed by atoms with Gasteiger partial charge < -0.3 is 10.4 Å². The van der Waals surface area contributed by atoms with Gasteiger partial charge in [-0.1, -0.05) is 12.1 Å². The van der Waals surface area contributed by atoms with Crippen molar-refractivity contribution in [2.45, 2.75) is 19.3 Å². The number of phenols is 1. The Morgan fingerprint density at radius 2 is 2.31 bits per heavy atom. The first-order valence-corrected chi connectivity index (χ1v) is 4.77. The zero-order valence-corrected chi connectivity index (χ0v) is 7.88. The first-order valence-electron chi connectivity index (χ1n) is 4.77. The number of aromatic hydroxyl groups is 1. The van der Waals surface area contributed by atoms with Gasteiger partial charge in [0.2, 0.25) is 0 Å². The average Bonchev–Trinajstić information content (AvgIpc) is 2.56. The molecule has 1 aromatic rings. The molecule has 0 amide bonds. The minimum atomic E-state index is 0.453. The summed E-state index contributed by atoms with van der Waals surface area (Å²) in [5.74, 6) is 0.953. The Morgan fingerprint density at radius 3 is 2.92 bits per heavy atom. The Kier molecular flexibility index (Phi) is 2.23. The third-order valence-corrected chi connectivity index (χ3v) is 2.69. The van der Waals surface area contributed by atoms with Crippen molar-refractivity contribution in [3.63, 3.8) is 0 Å². The molecule has 1 atom stereocenters.